The highest BCUT2D eigenvalue weighted by Crippen LogP contribution is 2.33. The zero-order chi connectivity index (χ0) is 17.8. The second kappa shape index (κ2) is 8.11. The Hall–Kier alpha value is -1.71. The highest BCUT2D eigenvalue weighted by molar-refractivity contribution is 6.30. The summed E-state index contributed by atoms with van der Waals surface area (Å²) in [5, 5.41) is 0.799. The van der Waals surface area contributed by atoms with Crippen molar-refractivity contribution in [2.24, 2.45) is 0 Å². The zero-order valence-corrected chi connectivity index (χ0v) is 16.0. The third-order valence-electron chi connectivity index (χ3n) is 5.11. The average Bonchev–Trinajstić information content (AvgIpc) is 2.65. The van der Waals surface area contributed by atoms with E-state index in [2.05, 4.69) is 36.1 Å². The summed E-state index contributed by atoms with van der Waals surface area (Å²) in [6.07, 6.45) is 2.20. The lowest BCUT2D eigenvalue weighted by Gasteiger charge is -2.30. The molecule has 0 bridgehead atoms. The predicted molar refractivity (Wildman–Crippen MR) is 103 cm³/mol. The highest BCUT2D eigenvalue weighted by Gasteiger charge is 2.20. The third-order valence-corrected chi connectivity index (χ3v) is 5.37. The molecule has 1 aliphatic heterocycles. The molecule has 3 nitrogen and oxygen atoms in total. The highest BCUT2D eigenvalue weighted by atomic mass is 35.5. The Balaban J connectivity index is 1.62. The normalized spacial score (nSPS) is 15.5. The van der Waals surface area contributed by atoms with Crippen molar-refractivity contribution < 1.29 is 9.47 Å². The van der Waals surface area contributed by atoms with Gasteiger partial charge >= 0.3 is 0 Å². The number of nitrogens with zero attached hydrogens (tertiary/aromatic N) is 1. The van der Waals surface area contributed by atoms with Crippen molar-refractivity contribution >= 4 is 11.6 Å². The maximum absolute atomic E-state index is 5.98. The minimum Gasteiger partial charge on any atom is -0.493 e. The van der Waals surface area contributed by atoms with Gasteiger partial charge in [-0.3, -0.25) is 4.90 Å². The van der Waals surface area contributed by atoms with Gasteiger partial charge in [0.2, 0.25) is 0 Å². The fourth-order valence-electron chi connectivity index (χ4n) is 3.47. The molecule has 134 valence electrons. The van der Waals surface area contributed by atoms with Gasteiger partial charge in [-0.25, -0.2) is 0 Å². The molecule has 1 heterocycles. The van der Waals surface area contributed by atoms with Crippen molar-refractivity contribution in [3.8, 4) is 11.5 Å². The third kappa shape index (κ3) is 4.28. The topological polar surface area (TPSA) is 21.7 Å². The molecule has 0 saturated carbocycles. The average molecular weight is 360 g/mol. The number of halogens is 1. The molecule has 0 fully saturated rings. The summed E-state index contributed by atoms with van der Waals surface area (Å²) in [5.74, 6) is 2.17. The summed E-state index contributed by atoms with van der Waals surface area (Å²) >= 11 is 5.98. The van der Waals surface area contributed by atoms with E-state index in [9.17, 15) is 0 Å². The maximum atomic E-state index is 5.98. The van der Waals surface area contributed by atoms with Crippen LogP contribution in [-0.4, -0.2) is 32.2 Å². The van der Waals surface area contributed by atoms with Crippen molar-refractivity contribution in [3.05, 3.63) is 58.1 Å². The summed E-state index contributed by atoms with van der Waals surface area (Å²) in [5.41, 5.74) is 4.08. The molecule has 1 aliphatic rings. The van der Waals surface area contributed by atoms with E-state index < -0.39 is 0 Å². The lowest BCUT2D eigenvalue weighted by Crippen LogP contribution is -2.32. The zero-order valence-electron chi connectivity index (χ0n) is 15.2. The maximum Gasteiger partial charge on any atom is 0.161 e. The van der Waals surface area contributed by atoms with Gasteiger partial charge in [0.15, 0.2) is 11.5 Å². The summed E-state index contributed by atoms with van der Waals surface area (Å²) in [6.45, 7) is 5.45. The first kappa shape index (κ1) is 18.1. The first-order valence-electron chi connectivity index (χ1n) is 8.82. The smallest absolute Gasteiger partial charge is 0.161 e. The molecule has 0 saturated heterocycles. The molecular weight excluding hydrogens is 334 g/mol. The van der Waals surface area contributed by atoms with Gasteiger partial charge < -0.3 is 9.47 Å². The van der Waals surface area contributed by atoms with Crippen LogP contribution >= 0.6 is 11.6 Å². The lowest BCUT2D eigenvalue weighted by molar-refractivity contribution is 0.244. The van der Waals surface area contributed by atoms with Gasteiger partial charge in [-0.1, -0.05) is 30.7 Å². The number of benzene rings is 2. The van der Waals surface area contributed by atoms with Crippen molar-refractivity contribution in [1.82, 2.24) is 4.90 Å². The van der Waals surface area contributed by atoms with Crippen molar-refractivity contribution in [1.29, 1.82) is 0 Å². The largest absolute Gasteiger partial charge is 0.493 e. The molecule has 2 aromatic carbocycles. The molecule has 1 atom stereocenters. The Morgan fingerprint density at radius 2 is 1.68 bits per heavy atom. The molecule has 0 aromatic heterocycles. The molecule has 2 aromatic rings. The Morgan fingerprint density at radius 1 is 1.04 bits per heavy atom. The van der Waals surface area contributed by atoms with Crippen LogP contribution in [0.2, 0.25) is 5.02 Å². The van der Waals surface area contributed by atoms with E-state index in [0.29, 0.717) is 5.92 Å². The van der Waals surface area contributed by atoms with E-state index in [1.165, 1.54) is 16.7 Å². The van der Waals surface area contributed by atoms with Crippen LogP contribution in [0.5, 0.6) is 11.5 Å². The monoisotopic (exact) mass is 359 g/mol. The molecule has 0 radical (unpaired) electrons. The number of ether oxygens (including phenoxy) is 2. The van der Waals surface area contributed by atoms with Gasteiger partial charge in [0, 0.05) is 18.1 Å². The Bertz CT molecular complexity index is 715. The van der Waals surface area contributed by atoms with Crippen molar-refractivity contribution in [3.63, 3.8) is 0 Å². The minimum atomic E-state index is 0.532. The summed E-state index contributed by atoms with van der Waals surface area (Å²) in [6, 6.07) is 12.5. The number of hydrogen-bond acceptors (Lipinski definition) is 3. The van der Waals surface area contributed by atoms with E-state index in [4.69, 9.17) is 21.1 Å². The fraction of sp³-hybridized carbons (Fsp3) is 0.429. The van der Waals surface area contributed by atoms with Crippen LogP contribution in [0.4, 0.5) is 0 Å². The molecule has 0 N–H and O–H groups in total. The van der Waals surface area contributed by atoms with E-state index in [-0.39, 0.29) is 0 Å². The first-order valence-corrected chi connectivity index (χ1v) is 9.20. The van der Waals surface area contributed by atoms with Gasteiger partial charge in [0.05, 0.1) is 14.2 Å². The summed E-state index contributed by atoms with van der Waals surface area (Å²) < 4.78 is 10.9. The predicted octanol–water partition coefficient (Wildman–Crippen LogP) is 4.91. The SMILES string of the molecule is COc1cc2c(cc1OC)CN(CC[C@H](C)c1ccc(Cl)cc1)CC2. The first-order chi connectivity index (χ1) is 12.1. The van der Waals surface area contributed by atoms with E-state index in [1.807, 2.05) is 12.1 Å². The molecule has 0 amide bonds. The standard InChI is InChI=1S/C21H26ClNO2/c1-15(16-4-6-19(22)7-5-16)8-10-23-11-9-17-12-20(24-2)21(25-3)13-18(17)14-23/h4-7,12-13,15H,8-11,14H2,1-3H3/t15-/m0/s1. The summed E-state index contributed by atoms with van der Waals surface area (Å²) in [4.78, 5) is 2.53. The number of hydrogen-bond donors (Lipinski definition) is 0. The minimum absolute atomic E-state index is 0.532. The molecule has 3 rings (SSSR count). The number of rotatable bonds is 6. The van der Waals surface area contributed by atoms with Gasteiger partial charge in [-0.2, -0.15) is 0 Å². The molecule has 4 heteroatoms. The van der Waals surface area contributed by atoms with E-state index >= 15 is 0 Å². The van der Waals surface area contributed by atoms with Crippen molar-refractivity contribution in [2.45, 2.75) is 32.2 Å². The summed E-state index contributed by atoms with van der Waals surface area (Å²) in [7, 11) is 3.39. The van der Waals surface area contributed by atoms with E-state index in [0.717, 1.165) is 49.0 Å². The molecule has 0 unspecified atom stereocenters. The van der Waals surface area contributed by atoms with Crippen LogP contribution < -0.4 is 9.47 Å². The van der Waals surface area contributed by atoms with Crippen LogP contribution in [0.25, 0.3) is 0 Å². The molecule has 25 heavy (non-hydrogen) atoms. The van der Waals surface area contributed by atoms with Crippen LogP contribution in [-0.2, 0) is 13.0 Å². The van der Waals surface area contributed by atoms with Gasteiger partial charge in [0.1, 0.15) is 0 Å². The van der Waals surface area contributed by atoms with Crippen LogP contribution in [0.15, 0.2) is 36.4 Å². The second-order valence-electron chi connectivity index (χ2n) is 6.74. The molecular formula is C21H26ClNO2. The van der Waals surface area contributed by atoms with Gasteiger partial charge in [-0.05, 0) is 66.3 Å². The van der Waals surface area contributed by atoms with Crippen LogP contribution in [0, 0.1) is 0 Å². The van der Waals surface area contributed by atoms with Gasteiger partial charge in [0.25, 0.3) is 0 Å². The molecule has 0 aliphatic carbocycles. The van der Waals surface area contributed by atoms with Gasteiger partial charge in [-0.15, -0.1) is 0 Å². The Kier molecular flexibility index (Phi) is 5.87. The quantitative estimate of drug-likeness (QED) is 0.731. The fourth-order valence-corrected chi connectivity index (χ4v) is 3.59. The van der Waals surface area contributed by atoms with Crippen molar-refractivity contribution in [2.75, 3.05) is 27.3 Å². The Labute approximate surface area is 155 Å². The van der Waals surface area contributed by atoms with Crippen LogP contribution in [0.3, 0.4) is 0 Å². The number of fused-ring (bicyclic) bond motifs is 1. The molecule has 0 spiro atoms. The van der Waals surface area contributed by atoms with Crippen LogP contribution in [0.1, 0.15) is 36.0 Å². The number of methoxy groups -OCH3 is 2. The second-order valence-corrected chi connectivity index (χ2v) is 7.18. The van der Waals surface area contributed by atoms with E-state index in [1.54, 1.807) is 14.2 Å². The Morgan fingerprint density at radius 3 is 2.32 bits per heavy atom. The lowest BCUT2D eigenvalue weighted by atomic mass is 9.95.